The summed E-state index contributed by atoms with van der Waals surface area (Å²) in [4.78, 5) is 40.8. The number of aliphatic carboxylic acids is 1. The number of carboxylic acids is 1. The topological polar surface area (TPSA) is 105 Å². The Bertz CT molecular complexity index is 1440. The molecule has 2 saturated heterocycles. The summed E-state index contributed by atoms with van der Waals surface area (Å²) in [6.45, 7) is 4.36. The number of carboxylic acid groups (broad SMARTS) is 1. The Morgan fingerprint density at radius 2 is 1.54 bits per heavy atom. The summed E-state index contributed by atoms with van der Waals surface area (Å²) in [7, 11) is 0. The third kappa shape index (κ3) is 4.76. The van der Waals surface area contributed by atoms with E-state index in [4.69, 9.17) is 9.47 Å². The number of amides is 2. The minimum absolute atomic E-state index is 0.0981. The summed E-state index contributed by atoms with van der Waals surface area (Å²) < 4.78 is 11.8. The zero-order valence-electron chi connectivity index (χ0n) is 23.2. The zero-order chi connectivity index (χ0) is 28.8. The summed E-state index contributed by atoms with van der Waals surface area (Å²) in [6.07, 6.45) is -0.683. The number of nitrogens with one attached hydrogen (secondary N) is 1. The maximum atomic E-state index is 13.9. The van der Waals surface area contributed by atoms with Crippen molar-refractivity contribution in [1.82, 2.24) is 10.2 Å². The van der Waals surface area contributed by atoms with Crippen molar-refractivity contribution < 1.29 is 29.0 Å². The molecule has 3 aromatic carbocycles. The summed E-state index contributed by atoms with van der Waals surface area (Å²) in [5.41, 5.74) is 3.85. The van der Waals surface area contributed by atoms with Gasteiger partial charge in [-0.25, -0.2) is 9.59 Å². The molecule has 2 aliphatic heterocycles. The third-order valence-electron chi connectivity index (χ3n) is 8.87. The van der Waals surface area contributed by atoms with Crippen LogP contribution in [0.25, 0.3) is 11.1 Å². The highest BCUT2D eigenvalue weighted by Crippen LogP contribution is 2.59. The molecule has 2 heterocycles. The lowest BCUT2D eigenvalue weighted by molar-refractivity contribution is -0.161. The van der Waals surface area contributed by atoms with Gasteiger partial charge in [0.1, 0.15) is 18.2 Å². The number of benzene rings is 3. The van der Waals surface area contributed by atoms with Gasteiger partial charge < -0.3 is 24.8 Å². The van der Waals surface area contributed by atoms with Gasteiger partial charge in [0.25, 0.3) is 0 Å². The fraction of sp³-hybridized carbons (Fsp3) is 0.364. The zero-order valence-corrected chi connectivity index (χ0v) is 23.2. The van der Waals surface area contributed by atoms with Crippen molar-refractivity contribution in [2.24, 2.45) is 5.41 Å². The molecule has 2 atom stereocenters. The Kier molecular flexibility index (Phi) is 6.82. The van der Waals surface area contributed by atoms with Crippen LogP contribution in [0.1, 0.15) is 49.3 Å². The predicted octanol–water partition coefficient (Wildman–Crippen LogP) is 4.96. The molecule has 1 saturated carbocycles. The number of nitrogens with zero attached hydrogens (tertiary/aromatic N) is 1. The highest BCUT2D eigenvalue weighted by atomic mass is 16.5. The molecule has 4 aliphatic rings. The number of alkyl carbamates (subject to hydrolysis) is 1. The van der Waals surface area contributed by atoms with E-state index in [0.29, 0.717) is 19.4 Å². The van der Waals surface area contributed by atoms with Crippen molar-refractivity contribution in [2.75, 3.05) is 13.2 Å². The van der Waals surface area contributed by atoms with Crippen LogP contribution in [0.3, 0.4) is 0 Å². The predicted molar refractivity (Wildman–Crippen MR) is 152 cm³/mol. The smallest absolute Gasteiger partial charge is 0.407 e. The number of rotatable bonds is 9. The van der Waals surface area contributed by atoms with Gasteiger partial charge in [0.2, 0.25) is 5.91 Å². The van der Waals surface area contributed by atoms with E-state index in [1.807, 2.05) is 73.7 Å². The number of hydrogen-bond acceptors (Lipinski definition) is 5. The summed E-state index contributed by atoms with van der Waals surface area (Å²) >= 11 is 0. The van der Waals surface area contributed by atoms with E-state index in [1.165, 1.54) is 4.90 Å². The van der Waals surface area contributed by atoms with E-state index >= 15 is 0 Å². The van der Waals surface area contributed by atoms with Gasteiger partial charge in [0.15, 0.2) is 0 Å². The van der Waals surface area contributed by atoms with Gasteiger partial charge in [-0.1, -0.05) is 85.8 Å². The van der Waals surface area contributed by atoms with Crippen molar-refractivity contribution in [3.63, 3.8) is 0 Å². The molecule has 212 valence electrons. The van der Waals surface area contributed by atoms with Crippen molar-refractivity contribution in [3.8, 4) is 11.1 Å². The SMILES string of the molecule is CC(OCc1ccccc1)C(NC(=O)OCC1c2ccccc2-c2ccccc21)C(=O)N1CC2(C)CC1(C(=O)O)C2. The standard InChI is InChI=1S/C33H34N2O6/c1-21(40-16-22-10-4-3-5-11-22)28(29(36)35-20-32(2)18-33(35,19-32)30(37)38)34-31(39)41-17-27-25-14-8-6-12-23(25)24-13-7-9-15-26(24)27/h3-15,21,27-28H,16-20H2,1-2H3,(H,34,39)(H,37,38). The number of fused-ring (bicyclic) bond motifs is 4. The molecule has 0 spiro atoms. The molecular weight excluding hydrogens is 520 g/mol. The van der Waals surface area contributed by atoms with Crippen LogP contribution < -0.4 is 5.32 Å². The Labute approximate surface area is 239 Å². The lowest BCUT2D eigenvalue weighted by Gasteiger charge is -2.43. The Hall–Kier alpha value is -4.17. The van der Waals surface area contributed by atoms with Crippen LogP contribution in [0.2, 0.25) is 0 Å². The first-order valence-corrected chi connectivity index (χ1v) is 14.0. The maximum Gasteiger partial charge on any atom is 0.407 e. The van der Waals surface area contributed by atoms with E-state index < -0.39 is 35.7 Å². The first-order chi connectivity index (χ1) is 19.7. The van der Waals surface area contributed by atoms with Crippen LogP contribution in [-0.4, -0.2) is 58.8 Å². The van der Waals surface area contributed by atoms with Gasteiger partial charge in [0.05, 0.1) is 12.7 Å². The molecule has 41 heavy (non-hydrogen) atoms. The molecule has 0 aromatic heterocycles. The van der Waals surface area contributed by atoms with Crippen molar-refractivity contribution in [1.29, 1.82) is 0 Å². The lowest BCUT2D eigenvalue weighted by atomic mass is 9.63. The fourth-order valence-corrected chi connectivity index (χ4v) is 6.96. The number of carbonyl (C=O) groups is 3. The minimum Gasteiger partial charge on any atom is -0.479 e. The van der Waals surface area contributed by atoms with Crippen molar-refractivity contribution in [2.45, 2.75) is 56.9 Å². The highest BCUT2D eigenvalue weighted by molar-refractivity contribution is 5.94. The van der Waals surface area contributed by atoms with Crippen LogP contribution in [0.5, 0.6) is 0 Å². The molecule has 7 rings (SSSR count). The molecule has 2 unspecified atom stereocenters. The second-order valence-electron chi connectivity index (χ2n) is 11.9. The second kappa shape index (κ2) is 10.3. The van der Waals surface area contributed by atoms with Crippen molar-refractivity contribution >= 4 is 18.0 Å². The molecule has 0 radical (unpaired) electrons. The van der Waals surface area contributed by atoms with Gasteiger partial charge >= 0.3 is 12.1 Å². The summed E-state index contributed by atoms with van der Waals surface area (Å²) in [5, 5.41) is 12.8. The Morgan fingerprint density at radius 1 is 0.951 bits per heavy atom. The van der Waals surface area contributed by atoms with Gasteiger partial charge in [-0.05, 0) is 53.0 Å². The average molecular weight is 555 g/mol. The Balaban J connectivity index is 1.19. The average Bonchev–Trinajstić information content (AvgIpc) is 3.57. The number of carbonyl (C=O) groups excluding carboxylic acids is 2. The van der Waals surface area contributed by atoms with E-state index in [0.717, 1.165) is 27.8 Å². The largest absolute Gasteiger partial charge is 0.479 e. The maximum absolute atomic E-state index is 13.9. The first kappa shape index (κ1) is 27.0. The molecule has 2 N–H and O–H groups in total. The summed E-state index contributed by atoms with van der Waals surface area (Å²) in [6, 6.07) is 24.5. The molecule has 2 aliphatic carbocycles. The quantitative estimate of drug-likeness (QED) is 0.387. The van der Waals surface area contributed by atoms with Crippen LogP contribution in [0.15, 0.2) is 78.9 Å². The van der Waals surface area contributed by atoms with E-state index in [-0.39, 0.29) is 24.5 Å². The second-order valence-corrected chi connectivity index (χ2v) is 11.9. The molecule has 2 bridgehead atoms. The normalized spacial score (nSPS) is 23.6. The Morgan fingerprint density at radius 3 is 2.15 bits per heavy atom. The molecule has 8 nitrogen and oxygen atoms in total. The molecule has 8 heteroatoms. The van der Waals surface area contributed by atoms with Gasteiger partial charge in [0, 0.05) is 12.5 Å². The molecule has 2 amide bonds. The lowest BCUT2D eigenvalue weighted by Crippen LogP contribution is -2.61. The molecule has 3 aromatic rings. The van der Waals surface area contributed by atoms with Crippen LogP contribution >= 0.6 is 0 Å². The summed E-state index contributed by atoms with van der Waals surface area (Å²) in [5.74, 6) is -1.61. The van der Waals surface area contributed by atoms with E-state index in [1.54, 1.807) is 6.92 Å². The van der Waals surface area contributed by atoms with Crippen LogP contribution in [0.4, 0.5) is 4.79 Å². The third-order valence-corrected chi connectivity index (χ3v) is 8.87. The van der Waals surface area contributed by atoms with E-state index in [9.17, 15) is 19.5 Å². The monoisotopic (exact) mass is 554 g/mol. The van der Waals surface area contributed by atoms with Crippen LogP contribution in [-0.2, 0) is 25.7 Å². The number of ether oxygens (including phenoxy) is 2. The van der Waals surface area contributed by atoms with Gasteiger partial charge in [-0.15, -0.1) is 0 Å². The van der Waals surface area contributed by atoms with Crippen molar-refractivity contribution in [3.05, 3.63) is 95.6 Å². The molecular formula is C33H34N2O6. The molecule has 3 fully saturated rings. The van der Waals surface area contributed by atoms with Gasteiger partial charge in [-0.3, -0.25) is 4.79 Å². The minimum atomic E-state index is -1.24. The van der Waals surface area contributed by atoms with E-state index in [2.05, 4.69) is 17.4 Å². The first-order valence-electron chi connectivity index (χ1n) is 14.0. The fourth-order valence-electron chi connectivity index (χ4n) is 6.96. The highest BCUT2D eigenvalue weighted by Gasteiger charge is 2.69. The van der Waals surface area contributed by atoms with Gasteiger partial charge in [-0.2, -0.15) is 0 Å². The number of hydrogen-bond donors (Lipinski definition) is 2. The van der Waals surface area contributed by atoms with Crippen LogP contribution in [0, 0.1) is 5.41 Å².